The van der Waals surface area contributed by atoms with Gasteiger partial charge in [0.15, 0.2) is 0 Å². The molecular formula is C19H22ClFN2O2. The first-order chi connectivity index (χ1) is 11.6. The molecule has 1 heterocycles. The average Bonchev–Trinajstić information content (AvgIpc) is 2.60. The van der Waals surface area contributed by atoms with Crippen molar-refractivity contribution in [3.05, 3.63) is 65.0 Å². The number of hydrogen-bond acceptors (Lipinski definition) is 3. The summed E-state index contributed by atoms with van der Waals surface area (Å²) in [5, 5.41) is 3.32. The van der Waals surface area contributed by atoms with Gasteiger partial charge in [-0.3, -0.25) is 4.79 Å². The lowest BCUT2D eigenvalue weighted by Crippen LogP contribution is -2.48. The minimum absolute atomic E-state index is 0. The Labute approximate surface area is 153 Å². The predicted molar refractivity (Wildman–Crippen MR) is 98.0 cm³/mol. The van der Waals surface area contributed by atoms with Crippen LogP contribution in [0.15, 0.2) is 42.5 Å². The molecule has 1 atom stereocenters. The molecule has 1 aliphatic rings. The van der Waals surface area contributed by atoms with Crippen molar-refractivity contribution in [2.24, 2.45) is 0 Å². The second-order valence-corrected chi connectivity index (χ2v) is 5.98. The Bertz CT molecular complexity index is 734. The molecular weight excluding hydrogens is 343 g/mol. The van der Waals surface area contributed by atoms with E-state index in [0.29, 0.717) is 25.2 Å². The number of aryl methyl sites for hydroxylation is 1. The highest BCUT2D eigenvalue weighted by Gasteiger charge is 2.30. The number of hydrogen-bond donors (Lipinski definition) is 1. The Morgan fingerprint density at radius 1 is 1.28 bits per heavy atom. The van der Waals surface area contributed by atoms with Crippen LogP contribution < -0.4 is 10.1 Å². The van der Waals surface area contributed by atoms with Gasteiger partial charge < -0.3 is 15.0 Å². The quantitative estimate of drug-likeness (QED) is 0.908. The molecule has 2 aromatic rings. The number of para-hydroxylation sites is 1. The second-order valence-electron chi connectivity index (χ2n) is 5.98. The van der Waals surface area contributed by atoms with E-state index in [1.807, 2.05) is 24.3 Å². The fourth-order valence-corrected chi connectivity index (χ4v) is 3.19. The van der Waals surface area contributed by atoms with Gasteiger partial charge >= 0.3 is 0 Å². The molecule has 4 nitrogen and oxygen atoms in total. The van der Waals surface area contributed by atoms with Crippen LogP contribution >= 0.6 is 12.4 Å². The Morgan fingerprint density at radius 3 is 2.76 bits per heavy atom. The van der Waals surface area contributed by atoms with Crippen LogP contribution in [0.2, 0.25) is 0 Å². The molecule has 134 valence electrons. The molecule has 0 spiro atoms. The number of nitrogens with zero attached hydrogens (tertiary/aromatic N) is 1. The topological polar surface area (TPSA) is 41.6 Å². The zero-order valence-corrected chi connectivity index (χ0v) is 15.1. The van der Waals surface area contributed by atoms with E-state index in [4.69, 9.17) is 4.74 Å². The third-order valence-electron chi connectivity index (χ3n) is 4.29. The first-order valence-electron chi connectivity index (χ1n) is 8.02. The highest BCUT2D eigenvalue weighted by molar-refractivity contribution is 5.95. The number of halogens is 2. The molecule has 1 amide bonds. The van der Waals surface area contributed by atoms with E-state index in [2.05, 4.69) is 5.32 Å². The van der Waals surface area contributed by atoms with Gasteiger partial charge in [0.25, 0.3) is 5.91 Å². The lowest BCUT2D eigenvalue weighted by Gasteiger charge is -2.37. The van der Waals surface area contributed by atoms with E-state index >= 15 is 0 Å². The molecule has 0 saturated carbocycles. The number of nitrogens with one attached hydrogen (secondary N) is 1. The van der Waals surface area contributed by atoms with Crippen LogP contribution in [-0.4, -0.2) is 37.6 Å². The van der Waals surface area contributed by atoms with E-state index in [0.717, 1.165) is 16.9 Å². The minimum Gasteiger partial charge on any atom is -0.496 e. The van der Waals surface area contributed by atoms with Crippen LogP contribution in [0.5, 0.6) is 5.75 Å². The molecule has 0 aromatic heterocycles. The zero-order chi connectivity index (χ0) is 17.1. The molecule has 6 heteroatoms. The predicted octanol–water partition coefficient (Wildman–Crippen LogP) is 3.35. The molecule has 25 heavy (non-hydrogen) atoms. The van der Waals surface area contributed by atoms with Crippen molar-refractivity contribution in [1.82, 2.24) is 10.2 Å². The molecule has 0 aliphatic carbocycles. The van der Waals surface area contributed by atoms with Crippen molar-refractivity contribution in [1.29, 1.82) is 0 Å². The summed E-state index contributed by atoms with van der Waals surface area (Å²) in [4.78, 5) is 14.8. The van der Waals surface area contributed by atoms with Gasteiger partial charge in [0.05, 0.1) is 13.2 Å². The van der Waals surface area contributed by atoms with Gasteiger partial charge in [-0.25, -0.2) is 4.39 Å². The zero-order valence-electron chi connectivity index (χ0n) is 14.3. The average molecular weight is 365 g/mol. The number of carbonyl (C=O) groups is 1. The maximum absolute atomic E-state index is 13.7. The van der Waals surface area contributed by atoms with Crippen molar-refractivity contribution in [2.45, 2.75) is 13.0 Å². The summed E-state index contributed by atoms with van der Waals surface area (Å²) in [6.07, 6.45) is 0. The molecule has 1 fully saturated rings. The fourth-order valence-electron chi connectivity index (χ4n) is 3.19. The summed E-state index contributed by atoms with van der Waals surface area (Å²) in [5.74, 6) is 0.205. The van der Waals surface area contributed by atoms with Gasteiger partial charge in [-0.2, -0.15) is 0 Å². The van der Waals surface area contributed by atoms with Crippen LogP contribution in [0.1, 0.15) is 27.5 Å². The summed E-state index contributed by atoms with van der Waals surface area (Å²) < 4.78 is 19.1. The van der Waals surface area contributed by atoms with Crippen LogP contribution in [0.3, 0.4) is 0 Å². The van der Waals surface area contributed by atoms with Crippen molar-refractivity contribution < 1.29 is 13.9 Å². The molecule has 2 aromatic carbocycles. The first-order valence-corrected chi connectivity index (χ1v) is 8.02. The normalized spacial score (nSPS) is 16.9. The smallest absolute Gasteiger partial charge is 0.254 e. The number of methoxy groups -OCH3 is 1. The van der Waals surface area contributed by atoms with Crippen LogP contribution in [0.25, 0.3) is 0 Å². The SMILES string of the molecule is COc1ccccc1C1CNCCN1C(=O)c1cc(C)cc(F)c1.Cl. The molecule has 0 bridgehead atoms. The van der Waals surface area contributed by atoms with Crippen molar-refractivity contribution in [3.8, 4) is 5.75 Å². The van der Waals surface area contributed by atoms with E-state index in [1.54, 1.807) is 25.0 Å². The molecule has 1 N–H and O–H groups in total. The third kappa shape index (κ3) is 4.11. The lowest BCUT2D eigenvalue weighted by molar-refractivity contribution is 0.0631. The third-order valence-corrected chi connectivity index (χ3v) is 4.29. The molecule has 1 saturated heterocycles. The fraction of sp³-hybridized carbons (Fsp3) is 0.316. The van der Waals surface area contributed by atoms with Crippen molar-refractivity contribution in [3.63, 3.8) is 0 Å². The summed E-state index contributed by atoms with van der Waals surface area (Å²) in [7, 11) is 1.62. The van der Waals surface area contributed by atoms with Crippen LogP contribution in [-0.2, 0) is 0 Å². The van der Waals surface area contributed by atoms with Gasteiger partial charge in [-0.15, -0.1) is 12.4 Å². The van der Waals surface area contributed by atoms with E-state index in [9.17, 15) is 9.18 Å². The Morgan fingerprint density at radius 2 is 2.04 bits per heavy atom. The van der Waals surface area contributed by atoms with Gasteiger partial charge in [0.2, 0.25) is 0 Å². The number of amides is 1. The molecule has 0 radical (unpaired) electrons. The Kier molecular flexibility index (Phi) is 6.39. The highest BCUT2D eigenvalue weighted by Crippen LogP contribution is 2.31. The highest BCUT2D eigenvalue weighted by atomic mass is 35.5. The first kappa shape index (κ1) is 19.2. The number of benzene rings is 2. The maximum atomic E-state index is 13.7. The van der Waals surface area contributed by atoms with Gasteiger partial charge in [-0.1, -0.05) is 18.2 Å². The minimum atomic E-state index is -0.387. The van der Waals surface area contributed by atoms with Crippen molar-refractivity contribution >= 4 is 18.3 Å². The molecule has 3 rings (SSSR count). The van der Waals surface area contributed by atoms with Gasteiger partial charge in [0.1, 0.15) is 11.6 Å². The van der Waals surface area contributed by atoms with Gasteiger partial charge in [-0.05, 0) is 36.8 Å². The number of ether oxygens (including phenoxy) is 1. The molecule has 1 unspecified atom stereocenters. The molecule has 1 aliphatic heterocycles. The maximum Gasteiger partial charge on any atom is 0.254 e. The van der Waals surface area contributed by atoms with Crippen LogP contribution in [0.4, 0.5) is 4.39 Å². The number of piperazine rings is 1. The Balaban J connectivity index is 0.00000225. The van der Waals surface area contributed by atoms with Gasteiger partial charge in [0, 0.05) is 30.8 Å². The van der Waals surface area contributed by atoms with Crippen LogP contribution in [0, 0.1) is 12.7 Å². The number of carbonyl (C=O) groups excluding carboxylic acids is 1. The monoisotopic (exact) mass is 364 g/mol. The van der Waals surface area contributed by atoms with E-state index in [-0.39, 0.29) is 30.2 Å². The summed E-state index contributed by atoms with van der Waals surface area (Å²) in [5.41, 5.74) is 2.07. The summed E-state index contributed by atoms with van der Waals surface area (Å²) in [6.45, 7) is 3.71. The second kappa shape index (κ2) is 8.32. The summed E-state index contributed by atoms with van der Waals surface area (Å²) in [6, 6.07) is 12.0. The van der Waals surface area contributed by atoms with Crippen molar-refractivity contribution in [2.75, 3.05) is 26.7 Å². The largest absolute Gasteiger partial charge is 0.496 e. The standard InChI is InChI=1S/C19H21FN2O2.ClH/c1-13-9-14(11-15(20)10-13)19(23)22-8-7-21-12-17(22)16-5-3-4-6-18(16)24-2;/h3-6,9-11,17,21H,7-8,12H2,1-2H3;1H. The summed E-state index contributed by atoms with van der Waals surface area (Å²) >= 11 is 0. The van der Waals surface area contributed by atoms with E-state index in [1.165, 1.54) is 12.1 Å². The lowest BCUT2D eigenvalue weighted by atomic mass is 10.0. The Hall–Kier alpha value is -2.11. The number of rotatable bonds is 3. The van der Waals surface area contributed by atoms with E-state index < -0.39 is 0 Å².